The molecule has 1 aromatic carbocycles. The fourth-order valence-corrected chi connectivity index (χ4v) is 4.77. The normalized spacial score (nSPS) is 15.2. The summed E-state index contributed by atoms with van der Waals surface area (Å²) in [4.78, 5) is 24.6. The summed E-state index contributed by atoms with van der Waals surface area (Å²) in [5.74, 6) is 0.558. The lowest BCUT2D eigenvalue weighted by Crippen LogP contribution is -2.40. The number of carbonyl (C=O) groups is 1. The molecule has 0 aliphatic carbocycles. The molecule has 0 fully saturated rings. The summed E-state index contributed by atoms with van der Waals surface area (Å²) in [6.45, 7) is 2.66. The summed E-state index contributed by atoms with van der Waals surface area (Å²) in [7, 11) is 0. The molecule has 5 nitrogen and oxygen atoms in total. The monoisotopic (exact) mass is 370 g/mol. The molecule has 3 heterocycles. The maximum Gasteiger partial charge on any atom is 0.240 e. The van der Waals surface area contributed by atoms with E-state index in [1.807, 2.05) is 41.5 Å². The van der Waals surface area contributed by atoms with Gasteiger partial charge in [-0.15, -0.1) is 11.3 Å². The topological polar surface area (TPSA) is 72.1 Å². The number of rotatable bonds is 3. The lowest BCUT2D eigenvalue weighted by Gasteiger charge is -2.31. The predicted molar refractivity (Wildman–Crippen MR) is 104 cm³/mol. The molecule has 128 valence electrons. The van der Waals surface area contributed by atoms with E-state index in [9.17, 15) is 4.79 Å². The van der Waals surface area contributed by atoms with Crippen LogP contribution in [0.1, 0.15) is 18.9 Å². The maximum absolute atomic E-state index is 13.0. The Bertz CT molecular complexity index is 940. The van der Waals surface area contributed by atoms with Gasteiger partial charge >= 0.3 is 0 Å². The molecule has 2 aromatic heterocycles. The van der Waals surface area contributed by atoms with Crippen LogP contribution in [-0.2, 0) is 11.2 Å². The molecule has 0 saturated carbocycles. The van der Waals surface area contributed by atoms with Crippen molar-refractivity contribution in [1.82, 2.24) is 9.97 Å². The molecule has 7 heteroatoms. The number of hydrogen-bond acceptors (Lipinski definition) is 6. The third-order valence-electron chi connectivity index (χ3n) is 4.34. The molecule has 1 aliphatic rings. The first-order valence-corrected chi connectivity index (χ1v) is 9.96. The molecule has 0 saturated heterocycles. The minimum Gasteiger partial charge on any atom is -0.383 e. The maximum atomic E-state index is 13.0. The van der Waals surface area contributed by atoms with Crippen LogP contribution in [0.5, 0.6) is 0 Å². The Morgan fingerprint density at radius 1 is 1.32 bits per heavy atom. The molecule has 2 N–H and O–H groups in total. The van der Waals surface area contributed by atoms with E-state index in [0.29, 0.717) is 11.0 Å². The fourth-order valence-electron chi connectivity index (χ4n) is 3.10. The molecule has 4 rings (SSSR count). The first kappa shape index (κ1) is 16.4. The smallest absolute Gasteiger partial charge is 0.240 e. The molecule has 3 aromatic rings. The van der Waals surface area contributed by atoms with Crippen LogP contribution < -0.4 is 10.6 Å². The lowest BCUT2D eigenvalue weighted by atomic mass is 10.0. The second-order valence-corrected chi connectivity index (χ2v) is 8.22. The van der Waals surface area contributed by atoms with E-state index in [1.54, 1.807) is 0 Å². The van der Waals surface area contributed by atoms with Gasteiger partial charge in [-0.3, -0.25) is 4.79 Å². The summed E-state index contributed by atoms with van der Waals surface area (Å²) in [6, 6.07) is 10.1. The highest BCUT2D eigenvalue weighted by Gasteiger charge is 2.27. The first-order valence-electron chi connectivity index (χ1n) is 8.20. The number of aromatic nitrogens is 2. The summed E-state index contributed by atoms with van der Waals surface area (Å²) >= 11 is 2.90. The third kappa shape index (κ3) is 3.09. The highest BCUT2D eigenvalue weighted by Crippen LogP contribution is 2.32. The van der Waals surface area contributed by atoms with Gasteiger partial charge in [-0.2, -0.15) is 0 Å². The zero-order valence-electron chi connectivity index (χ0n) is 13.8. The van der Waals surface area contributed by atoms with Gasteiger partial charge in [0.05, 0.1) is 10.6 Å². The zero-order chi connectivity index (χ0) is 17.4. The number of fused-ring (bicyclic) bond motifs is 2. The number of thiophene rings is 1. The Hall–Kier alpha value is -2.12. The Morgan fingerprint density at radius 2 is 2.16 bits per heavy atom. The largest absolute Gasteiger partial charge is 0.383 e. The number of benzene rings is 1. The van der Waals surface area contributed by atoms with Crippen molar-refractivity contribution in [3.05, 3.63) is 41.3 Å². The van der Waals surface area contributed by atoms with Gasteiger partial charge in [-0.25, -0.2) is 9.97 Å². The number of thioether (sulfide) groups is 1. The molecule has 0 unspecified atom stereocenters. The van der Waals surface area contributed by atoms with Crippen LogP contribution in [-0.4, -0.2) is 27.7 Å². The van der Waals surface area contributed by atoms with Gasteiger partial charge in [0.25, 0.3) is 0 Å². The molecule has 1 aliphatic heterocycles. The van der Waals surface area contributed by atoms with Gasteiger partial charge in [0.15, 0.2) is 5.16 Å². The number of carbonyl (C=O) groups excluding carboxylic acids is 1. The van der Waals surface area contributed by atoms with Crippen molar-refractivity contribution in [2.45, 2.75) is 30.2 Å². The van der Waals surface area contributed by atoms with Crippen LogP contribution in [0.4, 0.5) is 11.5 Å². The quantitative estimate of drug-likeness (QED) is 0.562. The number of para-hydroxylation sites is 1. The number of nitrogen functional groups attached to an aromatic ring is 1. The van der Waals surface area contributed by atoms with Gasteiger partial charge in [-0.1, -0.05) is 30.0 Å². The van der Waals surface area contributed by atoms with Crippen LogP contribution in [0.3, 0.4) is 0 Å². The zero-order valence-corrected chi connectivity index (χ0v) is 15.4. The average molecular weight is 371 g/mol. The Morgan fingerprint density at radius 3 is 3.04 bits per heavy atom. The Labute approximate surface area is 154 Å². The van der Waals surface area contributed by atoms with Gasteiger partial charge in [0.1, 0.15) is 10.6 Å². The van der Waals surface area contributed by atoms with E-state index in [-0.39, 0.29) is 11.2 Å². The van der Waals surface area contributed by atoms with E-state index in [4.69, 9.17) is 5.73 Å². The fraction of sp³-hybridized carbons (Fsp3) is 0.278. The molecule has 0 bridgehead atoms. The number of aryl methyl sites for hydroxylation is 1. The van der Waals surface area contributed by atoms with E-state index >= 15 is 0 Å². The second-order valence-electron chi connectivity index (χ2n) is 6.01. The third-order valence-corrected chi connectivity index (χ3v) is 6.10. The summed E-state index contributed by atoms with van der Waals surface area (Å²) in [5.41, 5.74) is 8.27. The molecular formula is C18H18N4OS2. The summed E-state index contributed by atoms with van der Waals surface area (Å²) < 4.78 is 0. The van der Waals surface area contributed by atoms with Crippen molar-refractivity contribution in [1.29, 1.82) is 0 Å². The SMILES string of the molecule is C[C@H](Sc1nc(N)c2ccsc2n1)C(=O)N1CCCc2ccccc21. The number of nitrogens with zero attached hydrogens (tertiary/aromatic N) is 3. The summed E-state index contributed by atoms with van der Waals surface area (Å²) in [5, 5.41) is 3.10. The molecule has 1 amide bonds. The lowest BCUT2D eigenvalue weighted by molar-refractivity contribution is -0.117. The van der Waals surface area contributed by atoms with Crippen LogP contribution in [0.25, 0.3) is 10.2 Å². The Kier molecular flexibility index (Phi) is 4.35. The van der Waals surface area contributed by atoms with Crippen molar-refractivity contribution in [2.24, 2.45) is 0 Å². The van der Waals surface area contributed by atoms with Crippen molar-refractivity contribution in [2.75, 3.05) is 17.2 Å². The molecule has 1 atom stereocenters. The van der Waals surface area contributed by atoms with Gasteiger partial charge < -0.3 is 10.6 Å². The minimum atomic E-state index is -0.275. The first-order chi connectivity index (χ1) is 12.1. The number of nitrogens with two attached hydrogens (primary N) is 1. The van der Waals surface area contributed by atoms with Crippen LogP contribution >= 0.6 is 23.1 Å². The second kappa shape index (κ2) is 6.65. The van der Waals surface area contributed by atoms with E-state index in [0.717, 1.165) is 35.3 Å². The van der Waals surface area contributed by atoms with E-state index in [1.165, 1.54) is 28.7 Å². The van der Waals surface area contributed by atoms with Gasteiger partial charge in [0.2, 0.25) is 5.91 Å². The van der Waals surface area contributed by atoms with Gasteiger partial charge in [-0.05, 0) is 42.8 Å². The van der Waals surface area contributed by atoms with Crippen molar-refractivity contribution < 1.29 is 4.79 Å². The molecule has 25 heavy (non-hydrogen) atoms. The number of hydrogen-bond donors (Lipinski definition) is 1. The van der Waals surface area contributed by atoms with E-state index < -0.39 is 0 Å². The highest BCUT2D eigenvalue weighted by molar-refractivity contribution is 8.00. The standard InChI is InChI=1S/C18H18N4OS2/c1-11(25-18-20-15(19)13-8-10-24-16(13)21-18)17(23)22-9-4-6-12-5-2-3-7-14(12)22/h2-3,5,7-8,10-11H,4,6,9H2,1H3,(H2,19,20,21)/t11-/m0/s1. The highest BCUT2D eigenvalue weighted by atomic mass is 32.2. The molecular weight excluding hydrogens is 352 g/mol. The minimum absolute atomic E-state index is 0.0885. The van der Waals surface area contributed by atoms with Crippen molar-refractivity contribution >= 4 is 50.7 Å². The number of anilines is 2. The molecule has 0 spiro atoms. The number of amides is 1. The summed E-state index contributed by atoms with van der Waals surface area (Å²) in [6.07, 6.45) is 2.01. The van der Waals surface area contributed by atoms with Crippen molar-refractivity contribution in [3.63, 3.8) is 0 Å². The van der Waals surface area contributed by atoms with Crippen LogP contribution in [0.15, 0.2) is 40.9 Å². The van der Waals surface area contributed by atoms with Crippen molar-refractivity contribution in [3.8, 4) is 0 Å². The van der Waals surface area contributed by atoms with Crippen LogP contribution in [0, 0.1) is 0 Å². The van der Waals surface area contributed by atoms with Gasteiger partial charge in [0, 0.05) is 12.2 Å². The average Bonchev–Trinajstić information content (AvgIpc) is 3.09. The molecule has 0 radical (unpaired) electrons. The predicted octanol–water partition coefficient (Wildman–Crippen LogP) is 3.73. The van der Waals surface area contributed by atoms with Crippen LogP contribution in [0.2, 0.25) is 0 Å². The van der Waals surface area contributed by atoms with E-state index in [2.05, 4.69) is 16.0 Å². The Balaban J connectivity index is 1.56.